The highest BCUT2D eigenvalue weighted by molar-refractivity contribution is 5.49. The van der Waals surface area contributed by atoms with Gasteiger partial charge in [-0.05, 0) is 24.5 Å². The van der Waals surface area contributed by atoms with E-state index in [1.54, 1.807) is 0 Å². The molecule has 0 heterocycles. The highest BCUT2D eigenvalue weighted by Gasteiger charge is 1.89. The SMILES string of the molecule is Cc1cccc(C/C=C/c2ccccc2)c1. The highest BCUT2D eigenvalue weighted by Crippen LogP contribution is 2.07. The monoisotopic (exact) mass is 208 g/mol. The predicted molar refractivity (Wildman–Crippen MR) is 70.4 cm³/mol. The second-order valence-electron chi connectivity index (χ2n) is 4.01. The number of hydrogen-bond acceptors (Lipinski definition) is 0. The topological polar surface area (TPSA) is 0 Å². The third-order valence-corrected chi connectivity index (χ3v) is 2.55. The van der Waals surface area contributed by atoms with Crippen LogP contribution in [-0.2, 0) is 6.42 Å². The second-order valence-corrected chi connectivity index (χ2v) is 4.01. The van der Waals surface area contributed by atoms with Crippen LogP contribution in [0, 0.1) is 6.92 Å². The van der Waals surface area contributed by atoms with Crippen molar-refractivity contribution in [1.29, 1.82) is 0 Å². The predicted octanol–water partition coefficient (Wildman–Crippen LogP) is 4.25. The molecular formula is C16H16. The summed E-state index contributed by atoms with van der Waals surface area (Å²) in [6.45, 7) is 2.13. The molecule has 0 bridgehead atoms. The van der Waals surface area contributed by atoms with Crippen LogP contribution in [0.5, 0.6) is 0 Å². The van der Waals surface area contributed by atoms with Crippen molar-refractivity contribution < 1.29 is 0 Å². The molecule has 0 nitrogen and oxygen atoms in total. The molecule has 0 amide bonds. The van der Waals surface area contributed by atoms with Crippen LogP contribution in [0.25, 0.3) is 6.08 Å². The molecule has 16 heavy (non-hydrogen) atoms. The molecule has 80 valence electrons. The van der Waals surface area contributed by atoms with E-state index >= 15 is 0 Å². The van der Waals surface area contributed by atoms with Crippen LogP contribution in [0.3, 0.4) is 0 Å². The molecule has 0 heteroatoms. The lowest BCUT2D eigenvalue weighted by atomic mass is 10.1. The summed E-state index contributed by atoms with van der Waals surface area (Å²) in [7, 11) is 0. The first-order valence-corrected chi connectivity index (χ1v) is 5.62. The van der Waals surface area contributed by atoms with Gasteiger partial charge in [0.25, 0.3) is 0 Å². The van der Waals surface area contributed by atoms with Crippen molar-refractivity contribution in [2.45, 2.75) is 13.3 Å². The number of benzene rings is 2. The Balaban J connectivity index is 2.00. The lowest BCUT2D eigenvalue weighted by Crippen LogP contribution is -1.81. The van der Waals surface area contributed by atoms with Gasteiger partial charge in [0, 0.05) is 0 Å². The smallest absolute Gasteiger partial charge is 0.00940 e. The van der Waals surface area contributed by atoms with Crippen LogP contribution in [0.1, 0.15) is 16.7 Å². The van der Waals surface area contributed by atoms with E-state index in [1.165, 1.54) is 16.7 Å². The molecule has 0 radical (unpaired) electrons. The molecule has 0 fully saturated rings. The van der Waals surface area contributed by atoms with Crippen LogP contribution < -0.4 is 0 Å². The molecule has 2 aromatic rings. The van der Waals surface area contributed by atoms with Crippen molar-refractivity contribution >= 4 is 6.08 Å². The third-order valence-electron chi connectivity index (χ3n) is 2.55. The van der Waals surface area contributed by atoms with E-state index in [9.17, 15) is 0 Å². The van der Waals surface area contributed by atoms with Crippen molar-refractivity contribution in [3.05, 3.63) is 77.4 Å². The van der Waals surface area contributed by atoms with Gasteiger partial charge in [-0.2, -0.15) is 0 Å². The highest BCUT2D eigenvalue weighted by atomic mass is 14.0. The van der Waals surface area contributed by atoms with Gasteiger partial charge in [-0.1, -0.05) is 72.3 Å². The Bertz CT molecular complexity index is 466. The zero-order valence-electron chi connectivity index (χ0n) is 9.56. The first-order chi connectivity index (χ1) is 7.84. The molecule has 0 aliphatic rings. The van der Waals surface area contributed by atoms with Crippen LogP contribution in [0.4, 0.5) is 0 Å². The lowest BCUT2D eigenvalue weighted by molar-refractivity contribution is 1.26. The molecule has 0 aliphatic carbocycles. The van der Waals surface area contributed by atoms with Crippen LogP contribution in [-0.4, -0.2) is 0 Å². The summed E-state index contributed by atoms with van der Waals surface area (Å²) in [5.41, 5.74) is 3.95. The molecule has 0 aliphatic heterocycles. The Kier molecular flexibility index (Phi) is 3.55. The Morgan fingerprint density at radius 1 is 0.938 bits per heavy atom. The fourth-order valence-corrected chi connectivity index (χ4v) is 1.73. The minimum Gasteiger partial charge on any atom is -0.0795 e. The molecule has 0 N–H and O–H groups in total. The van der Waals surface area contributed by atoms with Gasteiger partial charge in [0.15, 0.2) is 0 Å². The van der Waals surface area contributed by atoms with Gasteiger partial charge >= 0.3 is 0 Å². The zero-order chi connectivity index (χ0) is 11.2. The van der Waals surface area contributed by atoms with Crippen LogP contribution >= 0.6 is 0 Å². The molecule has 0 unspecified atom stereocenters. The summed E-state index contributed by atoms with van der Waals surface area (Å²) in [5.74, 6) is 0. The maximum atomic E-state index is 2.23. The first-order valence-electron chi connectivity index (χ1n) is 5.62. The van der Waals surface area contributed by atoms with E-state index in [-0.39, 0.29) is 0 Å². The number of rotatable bonds is 3. The van der Waals surface area contributed by atoms with Crippen LogP contribution in [0.15, 0.2) is 60.7 Å². The third kappa shape index (κ3) is 3.09. The number of hydrogen-bond donors (Lipinski definition) is 0. The van der Waals surface area contributed by atoms with Crippen molar-refractivity contribution in [2.24, 2.45) is 0 Å². The average Bonchev–Trinajstić information content (AvgIpc) is 2.30. The van der Waals surface area contributed by atoms with Crippen LogP contribution in [0.2, 0.25) is 0 Å². The molecule has 0 saturated heterocycles. The van der Waals surface area contributed by atoms with E-state index in [4.69, 9.17) is 0 Å². The molecule has 2 aromatic carbocycles. The molecule has 0 atom stereocenters. The van der Waals surface area contributed by atoms with E-state index in [0.29, 0.717) is 0 Å². The first kappa shape index (κ1) is 10.7. The van der Waals surface area contributed by atoms with Gasteiger partial charge in [-0.3, -0.25) is 0 Å². The largest absolute Gasteiger partial charge is 0.0795 e. The number of allylic oxidation sites excluding steroid dienone is 1. The van der Waals surface area contributed by atoms with Gasteiger partial charge in [-0.15, -0.1) is 0 Å². The van der Waals surface area contributed by atoms with Crippen molar-refractivity contribution in [3.8, 4) is 0 Å². The molecule has 0 spiro atoms. The normalized spacial score (nSPS) is 10.8. The Morgan fingerprint density at radius 3 is 2.50 bits per heavy atom. The fourth-order valence-electron chi connectivity index (χ4n) is 1.73. The van der Waals surface area contributed by atoms with Crippen molar-refractivity contribution in [2.75, 3.05) is 0 Å². The fraction of sp³-hybridized carbons (Fsp3) is 0.125. The molecule has 0 saturated carbocycles. The summed E-state index contributed by atoms with van der Waals surface area (Å²) < 4.78 is 0. The maximum absolute atomic E-state index is 2.23. The minimum atomic E-state index is 0.997. The Labute approximate surface area is 97.3 Å². The van der Waals surface area contributed by atoms with Crippen molar-refractivity contribution in [1.82, 2.24) is 0 Å². The zero-order valence-corrected chi connectivity index (χ0v) is 9.56. The Hall–Kier alpha value is -1.82. The van der Waals surface area contributed by atoms with Gasteiger partial charge in [0.1, 0.15) is 0 Å². The minimum absolute atomic E-state index is 0.997. The maximum Gasteiger partial charge on any atom is -0.00940 e. The van der Waals surface area contributed by atoms with E-state index in [2.05, 4.69) is 67.6 Å². The van der Waals surface area contributed by atoms with E-state index in [1.807, 2.05) is 6.07 Å². The molecule has 2 rings (SSSR count). The summed E-state index contributed by atoms with van der Waals surface area (Å²) in [6.07, 6.45) is 5.38. The standard InChI is InChI=1S/C16H16/c1-14-7-5-11-16(13-14)12-6-10-15-8-3-2-4-9-15/h2-11,13H,12H2,1H3/b10-6+. The Morgan fingerprint density at radius 2 is 1.75 bits per heavy atom. The van der Waals surface area contributed by atoms with Gasteiger partial charge in [0.05, 0.1) is 0 Å². The average molecular weight is 208 g/mol. The molecule has 0 aromatic heterocycles. The molecular weight excluding hydrogens is 192 g/mol. The number of aryl methyl sites for hydroxylation is 1. The van der Waals surface area contributed by atoms with Gasteiger partial charge in [0.2, 0.25) is 0 Å². The summed E-state index contributed by atoms with van der Waals surface area (Å²) in [6, 6.07) is 19.0. The quantitative estimate of drug-likeness (QED) is 0.707. The lowest BCUT2D eigenvalue weighted by Gasteiger charge is -1.98. The van der Waals surface area contributed by atoms with E-state index in [0.717, 1.165) is 6.42 Å². The van der Waals surface area contributed by atoms with Gasteiger partial charge < -0.3 is 0 Å². The summed E-state index contributed by atoms with van der Waals surface area (Å²) in [4.78, 5) is 0. The summed E-state index contributed by atoms with van der Waals surface area (Å²) in [5, 5.41) is 0. The van der Waals surface area contributed by atoms with Gasteiger partial charge in [-0.25, -0.2) is 0 Å². The summed E-state index contributed by atoms with van der Waals surface area (Å²) >= 11 is 0. The van der Waals surface area contributed by atoms with E-state index < -0.39 is 0 Å². The van der Waals surface area contributed by atoms with Crippen molar-refractivity contribution in [3.63, 3.8) is 0 Å². The second kappa shape index (κ2) is 5.32.